The van der Waals surface area contributed by atoms with Crippen LogP contribution >= 0.6 is 27.7 Å². The number of H-pyrrole nitrogens is 1. The lowest BCUT2D eigenvalue weighted by molar-refractivity contribution is 0.384. The molecule has 0 aliphatic heterocycles. The molecule has 0 aliphatic carbocycles. The number of hydrogen-bond acceptors (Lipinski definition) is 3. The maximum atomic E-state index is 12.7. The smallest absolute Gasteiger partial charge is 0.282 e. The van der Waals surface area contributed by atoms with Crippen LogP contribution < -0.4 is 5.56 Å². The quantitative estimate of drug-likeness (QED) is 0.420. The number of rotatable bonds is 6. The van der Waals surface area contributed by atoms with Crippen molar-refractivity contribution in [1.82, 2.24) is 9.78 Å². The van der Waals surface area contributed by atoms with E-state index in [2.05, 4.69) is 21.0 Å². The molecule has 0 saturated carbocycles. The molecule has 1 aromatic heterocycles. The van der Waals surface area contributed by atoms with Crippen LogP contribution in [0.1, 0.15) is 31.0 Å². The van der Waals surface area contributed by atoms with Gasteiger partial charge in [-0.3, -0.25) is 9.89 Å². The number of aromatic hydroxyl groups is 1. The summed E-state index contributed by atoms with van der Waals surface area (Å²) >= 11 is 4.74. The first-order chi connectivity index (χ1) is 14.0. The Morgan fingerprint density at radius 3 is 2.48 bits per heavy atom. The van der Waals surface area contributed by atoms with Crippen LogP contribution in [0.3, 0.4) is 0 Å². The number of aromatic nitrogens is 2. The van der Waals surface area contributed by atoms with Crippen molar-refractivity contribution in [3.05, 3.63) is 98.3 Å². The highest BCUT2D eigenvalue weighted by Crippen LogP contribution is 2.37. The van der Waals surface area contributed by atoms with E-state index in [0.29, 0.717) is 0 Å². The lowest BCUT2D eigenvalue weighted by Gasteiger charge is -2.21. The number of nitrogens with zero attached hydrogens (tertiary/aromatic N) is 1. The van der Waals surface area contributed by atoms with Crippen LogP contribution in [0, 0.1) is 6.92 Å². The van der Waals surface area contributed by atoms with Gasteiger partial charge in [-0.2, -0.15) is 0 Å². The minimum Gasteiger partial charge on any atom is -0.493 e. The maximum absolute atomic E-state index is 12.7. The molecule has 0 aliphatic rings. The molecule has 2 N–H and O–H groups in total. The van der Waals surface area contributed by atoms with Gasteiger partial charge in [-0.15, -0.1) is 0 Å². The molecule has 3 rings (SSSR count). The highest BCUT2D eigenvalue weighted by Gasteiger charge is 2.25. The van der Waals surface area contributed by atoms with Crippen LogP contribution in [0.2, 0.25) is 0 Å². The Bertz CT molecular complexity index is 1110. The fourth-order valence-electron chi connectivity index (χ4n) is 3.16. The molecule has 150 valence electrons. The number of nitrogens with one attached hydrogen (secondary N) is 1. The molecule has 4 nitrogen and oxygen atoms in total. The summed E-state index contributed by atoms with van der Waals surface area (Å²) in [7, 11) is 0. The number of halogens is 1. The van der Waals surface area contributed by atoms with Gasteiger partial charge < -0.3 is 5.11 Å². The Hall–Kier alpha value is -2.44. The van der Waals surface area contributed by atoms with E-state index in [-0.39, 0.29) is 22.4 Å². The third-order valence-corrected chi connectivity index (χ3v) is 6.40. The van der Waals surface area contributed by atoms with E-state index in [4.69, 9.17) is 0 Å². The Balaban J connectivity index is 2.13. The molecule has 3 aromatic rings. The molecule has 6 heteroatoms. The van der Waals surface area contributed by atoms with Crippen LogP contribution in [0.25, 0.3) is 0 Å². The molecular formula is C23H23BrN2O2S. The average Bonchev–Trinajstić information content (AvgIpc) is 2.98. The second kappa shape index (κ2) is 9.37. The first kappa shape index (κ1) is 21.3. The van der Waals surface area contributed by atoms with Crippen LogP contribution in [0.15, 0.2) is 91.4 Å². The molecule has 0 spiro atoms. The average molecular weight is 471 g/mol. The van der Waals surface area contributed by atoms with E-state index in [1.54, 1.807) is 4.68 Å². The molecular weight excluding hydrogens is 448 g/mol. The Labute approximate surface area is 183 Å². The highest BCUT2D eigenvalue weighted by atomic mass is 79.9. The summed E-state index contributed by atoms with van der Waals surface area (Å²) in [4.78, 5) is 14.0. The molecule has 1 unspecified atom stereocenters. The first-order valence-electron chi connectivity index (χ1n) is 9.27. The largest absolute Gasteiger partial charge is 0.493 e. The first-order valence-corrected chi connectivity index (χ1v) is 10.9. The summed E-state index contributed by atoms with van der Waals surface area (Å²) in [5.41, 5.74) is 2.66. The van der Waals surface area contributed by atoms with Crippen molar-refractivity contribution in [2.24, 2.45) is 0 Å². The van der Waals surface area contributed by atoms with E-state index in [0.717, 1.165) is 26.1 Å². The van der Waals surface area contributed by atoms with E-state index in [1.165, 1.54) is 11.8 Å². The predicted molar refractivity (Wildman–Crippen MR) is 123 cm³/mol. The van der Waals surface area contributed by atoms with Gasteiger partial charge in [0, 0.05) is 9.37 Å². The topological polar surface area (TPSA) is 58.0 Å². The van der Waals surface area contributed by atoms with Crippen molar-refractivity contribution < 1.29 is 5.11 Å². The third kappa shape index (κ3) is 4.60. The zero-order valence-electron chi connectivity index (χ0n) is 16.5. The summed E-state index contributed by atoms with van der Waals surface area (Å²) in [5, 5.41) is 13.9. The molecule has 0 amide bonds. The Kier molecular flexibility index (Phi) is 6.87. The van der Waals surface area contributed by atoms with Crippen molar-refractivity contribution in [3.8, 4) is 5.88 Å². The van der Waals surface area contributed by atoms with E-state index < -0.39 is 0 Å². The summed E-state index contributed by atoms with van der Waals surface area (Å²) in [6, 6.07) is 15.3. The predicted octanol–water partition coefficient (Wildman–Crippen LogP) is 6.22. The van der Waals surface area contributed by atoms with Gasteiger partial charge in [0.25, 0.3) is 5.56 Å². The van der Waals surface area contributed by atoms with Crippen LogP contribution in [0.5, 0.6) is 5.88 Å². The Morgan fingerprint density at radius 1 is 1.17 bits per heavy atom. The molecule has 1 atom stereocenters. The molecule has 0 bridgehead atoms. The highest BCUT2D eigenvalue weighted by molar-refractivity contribution is 9.10. The minimum atomic E-state index is -0.358. The zero-order valence-corrected chi connectivity index (χ0v) is 18.9. The minimum absolute atomic E-state index is 0.0694. The van der Waals surface area contributed by atoms with Crippen LogP contribution in [-0.2, 0) is 0 Å². The van der Waals surface area contributed by atoms with E-state index >= 15 is 0 Å². The van der Waals surface area contributed by atoms with Gasteiger partial charge in [-0.1, -0.05) is 76.3 Å². The lowest BCUT2D eigenvalue weighted by Crippen LogP contribution is -2.16. The molecule has 0 radical (unpaired) electrons. The van der Waals surface area contributed by atoms with Crippen molar-refractivity contribution in [3.63, 3.8) is 0 Å². The zero-order chi connectivity index (χ0) is 21.0. The summed E-state index contributed by atoms with van der Waals surface area (Å²) in [5.74, 6) is -0.0694. The van der Waals surface area contributed by atoms with Crippen molar-refractivity contribution in [2.75, 3.05) is 0 Å². The van der Waals surface area contributed by atoms with Gasteiger partial charge in [0.15, 0.2) is 0 Å². The van der Waals surface area contributed by atoms with Crippen molar-refractivity contribution in [2.45, 2.75) is 36.6 Å². The SMILES string of the molecule is C/C=C\C(=C/C)C(c1ccc(Br)cc1)n1[nH]c(=O)c(Sc2ccccc2C)c1O. The third-order valence-electron chi connectivity index (χ3n) is 4.62. The molecule has 29 heavy (non-hydrogen) atoms. The fourth-order valence-corrected chi connectivity index (χ4v) is 4.35. The van der Waals surface area contributed by atoms with Gasteiger partial charge in [-0.25, -0.2) is 4.68 Å². The second-order valence-corrected chi connectivity index (χ2v) is 8.54. The number of benzene rings is 2. The van der Waals surface area contributed by atoms with Gasteiger partial charge >= 0.3 is 0 Å². The summed E-state index contributed by atoms with van der Waals surface area (Å²) in [6.07, 6.45) is 5.92. The maximum Gasteiger partial charge on any atom is 0.282 e. The van der Waals surface area contributed by atoms with Crippen molar-refractivity contribution in [1.29, 1.82) is 0 Å². The van der Waals surface area contributed by atoms with Crippen LogP contribution in [0.4, 0.5) is 0 Å². The van der Waals surface area contributed by atoms with Gasteiger partial charge in [-0.05, 0) is 55.7 Å². The number of allylic oxidation sites excluding steroid dienone is 4. The van der Waals surface area contributed by atoms with Crippen molar-refractivity contribution >= 4 is 27.7 Å². The van der Waals surface area contributed by atoms with Gasteiger partial charge in [0.05, 0.1) is 0 Å². The molecule has 0 fully saturated rings. The Morgan fingerprint density at radius 2 is 1.86 bits per heavy atom. The fraction of sp³-hybridized carbons (Fsp3) is 0.174. The van der Waals surface area contributed by atoms with Crippen LogP contribution in [-0.4, -0.2) is 14.9 Å². The van der Waals surface area contributed by atoms with E-state index in [9.17, 15) is 9.90 Å². The molecule has 2 aromatic carbocycles. The lowest BCUT2D eigenvalue weighted by atomic mass is 9.98. The number of aromatic amines is 1. The normalized spacial score (nSPS) is 13.2. The monoisotopic (exact) mass is 470 g/mol. The number of aryl methyl sites for hydroxylation is 1. The summed E-state index contributed by atoms with van der Waals surface area (Å²) < 4.78 is 2.51. The number of hydrogen-bond donors (Lipinski definition) is 2. The van der Waals surface area contributed by atoms with E-state index in [1.807, 2.05) is 87.5 Å². The van der Waals surface area contributed by atoms with Gasteiger partial charge in [0.1, 0.15) is 10.9 Å². The second-order valence-electron chi connectivity index (χ2n) is 6.57. The van der Waals surface area contributed by atoms with Gasteiger partial charge in [0.2, 0.25) is 5.88 Å². The summed E-state index contributed by atoms with van der Waals surface area (Å²) in [6.45, 7) is 5.88. The molecule has 1 heterocycles. The standard InChI is InChI=1S/C23H23BrN2O2S/c1-4-8-16(5-2)20(17-11-13-18(24)14-12-17)26-23(28)21(22(27)25-26)29-19-10-7-6-9-15(19)3/h4-14,20,28H,1-3H3,(H,25,27)/b8-4-,16-5+. The molecule has 0 saturated heterocycles.